The molecule has 0 atom stereocenters. The lowest BCUT2D eigenvalue weighted by molar-refractivity contribution is -0.126. The Balaban J connectivity index is 4.65. The largest absolute Gasteiger partial charge is 0.311 e. The van der Waals surface area contributed by atoms with Crippen molar-refractivity contribution in [2.45, 2.75) is 47.1 Å². The van der Waals surface area contributed by atoms with E-state index in [1.807, 2.05) is 20.8 Å². The van der Waals surface area contributed by atoms with E-state index in [-0.39, 0.29) is 17.9 Å². The molecule has 6 heteroatoms. The molecular weight excluding hydrogens is 264 g/mol. The van der Waals surface area contributed by atoms with Crippen molar-refractivity contribution < 1.29 is 13.2 Å². The van der Waals surface area contributed by atoms with Crippen molar-refractivity contribution in [3.05, 3.63) is 0 Å². The summed E-state index contributed by atoms with van der Waals surface area (Å²) in [5.74, 6) is -0.0753. The van der Waals surface area contributed by atoms with E-state index in [9.17, 15) is 13.2 Å². The number of hydrogen-bond acceptors (Lipinski definition) is 4. The van der Waals surface area contributed by atoms with Crippen molar-refractivity contribution in [1.82, 2.24) is 9.62 Å². The van der Waals surface area contributed by atoms with Crippen molar-refractivity contribution in [3.8, 4) is 0 Å². The molecule has 0 fully saturated rings. The van der Waals surface area contributed by atoms with Crippen molar-refractivity contribution in [2.75, 3.05) is 25.9 Å². The minimum absolute atomic E-state index is 0.0614. The topological polar surface area (TPSA) is 66.5 Å². The van der Waals surface area contributed by atoms with E-state index in [1.165, 1.54) is 4.31 Å². The smallest absolute Gasteiger partial charge is 0.211 e. The first-order valence-electron chi connectivity index (χ1n) is 6.47. The quantitative estimate of drug-likeness (QED) is 0.800. The van der Waals surface area contributed by atoms with Crippen LogP contribution < -0.4 is 5.32 Å². The van der Waals surface area contributed by atoms with Crippen molar-refractivity contribution in [1.29, 1.82) is 0 Å². The van der Waals surface area contributed by atoms with Gasteiger partial charge in [-0.2, -0.15) is 4.31 Å². The molecule has 0 unspecified atom stereocenters. The van der Waals surface area contributed by atoms with Gasteiger partial charge >= 0.3 is 0 Å². The monoisotopic (exact) mass is 292 g/mol. The van der Waals surface area contributed by atoms with Gasteiger partial charge in [0.15, 0.2) is 5.78 Å². The minimum atomic E-state index is -3.37. The summed E-state index contributed by atoms with van der Waals surface area (Å²) in [5, 5.41) is 3.22. The number of Topliss-reactive ketones (excluding diaryl/α,β-unsaturated/α-hetero) is 1. The molecule has 19 heavy (non-hydrogen) atoms. The average molecular weight is 292 g/mol. The highest BCUT2D eigenvalue weighted by molar-refractivity contribution is 7.88. The fourth-order valence-electron chi connectivity index (χ4n) is 1.32. The molecule has 0 aromatic rings. The maximum Gasteiger partial charge on any atom is 0.211 e. The SMILES string of the molecule is CC(C)(C)NCCN(CC(=O)C(C)(C)C)S(C)(=O)=O. The van der Waals surface area contributed by atoms with Gasteiger partial charge in [-0.1, -0.05) is 20.8 Å². The second-order valence-electron chi connectivity index (χ2n) is 6.95. The number of nitrogens with zero attached hydrogens (tertiary/aromatic N) is 1. The zero-order valence-corrected chi connectivity index (χ0v) is 14.0. The number of carbonyl (C=O) groups is 1. The Bertz CT molecular complexity index is 403. The Morgan fingerprint density at radius 3 is 1.89 bits per heavy atom. The third-order valence-electron chi connectivity index (χ3n) is 2.64. The molecule has 0 radical (unpaired) electrons. The highest BCUT2D eigenvalue weighted by Gasteiger charge is 2.27. The van der Waals surface area contributed by atoms with Crippen molar-refractivity contribution in [3.63, 3.8) is 0 Å². The predicted octanol–water partition coefficient (Wildman–Crippen LogP) is 1.25. The van der Waals surface area contributed by atoms with Gasteiger partial charge < -0.3 is 5.32 Å². The third kappa shape index (κ3) is 8.34. The van der Waals surface area contributed by atoms with Gasteiger partial charge in [-0.3, -0.25) is 4.79 Å². The van der Waals surface area contributed by atoms with Gasteiger partial charge in [0, 0.05) is 24.0 Å². The molecule has 0 bridgehead atoms. The van der Waals surface area contributed by atoms with E-state index < -0.39 is 15.4 Å². The molecule has 0 saturated carbocycles. The standard InChI is InChI=1S/C13H28N2O3S/c1-12(2,3)11(16)10-15(19(7,17)18)9-8-14-13(4,5)6/h14H,8-10H2,1-7H3. The first-order chi connectivity index (χ1) is 8.23. The first kappa shape index (κ1) is 18.5. The van der Waals surface area contributed by atoms with Crippen LogP contribution >= 0.6 is 0 Å². The average Bonchev–Trinajstić information content (AvgIpc) is 2.10. The molecule has 0 aliphatic carbocycles. The summed E-state index contributed by atoms with van der Waals surface area (Å²) >= 11 is 0. The maximum atomic E-state index is 12.0. The van der Waals surface area contributed by atoms with Crippen LogP contribution in [0.4, 0.5) is 0 Å². The second-order valence-corrected chi connectivity index (χ2v) is 8.93. The minimum Gasteiger partial charge on any atom is -0.311 e. The van der Waals surface area contributed by atoms with Crippen LogP contribution in [0.5, 0.6) is 0 Å². The highest BCUT2D eigenvalue weighted by atomic mass is 32.2. The lowest BCUT2D eigenvalue weighted by atomic mass is 9.91. The lowest BCUT2D eigenvalue weighted by Crippen LogP contribution is -2.45. The Morgan fingerprint density at radius 1 is 1.11 bits per heavy atom. The fourth-order valence-corrected chi connectivity index (χ4v) is 2.09. The van der Waals surface area contributed by atoms with Crippen LogP contribution in [-0.2, 0) is 14.8 Å². The molecule has 114 valence electrons. The summed E-state index contributed by atoms with van der Waals surface area (Å²) in [6.07, 6.45) is 1.14. The zero-order chi connectivity index (χ0) is 15.5. The number of carbonyl (C=O) groups excluding carboxylic acids is 1. The van der Waals surface area contributed by atoms with Gasteiger partial charge in [0.1, 0.15) is 0 Å². The van der Waals surface area contributed by atoms with Gasteiger partial charge in [-0.25, -0.2) is 8.42 Å². The normalized spacial score (nSPS) is 13.9. The van der Waals surface area contributed by atoms with Gasteiger partial charge in [-0.15, -0.1) is 0 Å². The molecule has 0 aromatic carbocycles. The second kappa shape index (κ2) is 6.33. The van der Waals surface area contributed by atoms with E-state index in [0.717, 1.165) is 6.26 Å². The van der Waals surface area contributed by atoms with Crippen molar-refractivity contribution in [2.24, 2.45) is 5.41 Å². The van der Waals surface area contributed by atoms with Crippen molar-refractivity contribution >= 4 is 15.8 Å². The molecule has 0 amide bonds. The molecule has 0 aromatic heterocycles. The molecule has 0 heterocycles. The van der Waals surface area contributed by atoms with Crippen LogP contribution in [-0.4, -0.2) is 49.9 Å². The summed E-state index contributed by atoms with van der Waals surface area (Å²) in [6.45, 7) is 12.2. The summed E-state index contributed by atoms with van der Waals surface area (Å²) < 4.78 is 24.6. The van der Waals surface area contributed by atoms with Crippen LogP contribution in [0.3, 0.4) is 0 Å². The van der Waals surface area contributed by atoms with Gasteiger partial charge in [0.05, 0.1) is 12.8 Å². The third-order valence-corrected chi connectivity index (χ3v) is 3.89. The van der Waals surface area contributed by atoms with E-state index in [0.29, 0.717) is 13.1 Å². The Labute approximate surface area is 117 Å². The Morgan fingerprint density at radius 2 is 1.58 bits per heavy atom. The fraction of sp³-hybridized carbons (Fsp3) is 0.923. The first-order valence-corrected chi connectivity index (χ1v) is 8.32. The van der Waals surface area contributed by atoms with Gasteiger partial charge in [0.25, 0.3) is 0 Å². The summed E-state index contributed by atoms with van der Waals surface area (Å²) in [4.78, 5) is 12.0. The number of nitrogens with one attached hydrogen (secondary N) is 1. The predicted molar refractivity (Wildman–Crippen MR) is 78.6 cm³/mol. The molecule has 0 spiro atoms. The maximum absolute atomic E-state index is 12.0. The summed E-state index contributed by atoms with van der Waals surface area (Å²) in [6, 6.07) is 0. The molecular formula is C13H28N2O3S. The molecule has 0 aliphatic heterocycles. The van der Waals surface area contributed by atoms with Crippen LogP contribution in [0.2, 0.25) is 0 Å². The summed E-state index contributed by atoms with van der Waals surface area (Å²) in [5.41, 5.74) is -0.600. The van der Waals surface area contributed by atoms with E-state index >= 15 is 0 Å². The van der Waals surface area contributed by atoms with E-state index in [1.54, 1.807) is 20.8 Å². The van der Waals surface area contributed by atoms with Gasteiger partial charge in [-0.05, 0) is 20.8 Å². The number of sulfonamides is 1. The molecule has 5 nitrogen and oxygen atoms in total. The molecule has 0 saturated heterocycles. The highest BCUT2D eigenvalue weighted by Crippen LogP contribution is 2.16. The Hall–Kier alpha value is -0.460. The molecule has 0 rings (SSSR count). The number of hydrogen-bond donors (Lipinski definition) is 1. The Kier molecular flexibility index (Phi) is 6.17. The number of ketones is 1. The summed E-state index contributed by atoms with van der Waals surface area (Å²) in [7, 11) is -3.37. The van der Waals surface area contributed by atoms with Crippen LogP contribution in [0.25, 0.3) is 0 Å². The van der Waals surface area contributed by atoms with Gasteiger partial charge in [0.2, 0.25) is 10.0 Å². The molecule has 1 N–H and O–H groups in total. The zero-order valence-electron chi connectivity index (χ0n) is 13.2. The molecule has 0 aliphatic rings. The van der Waals surface area contributed by atoms with E-state index in [2.05, 4.69) is 5.32 Å². The number of rotatable bonds is 6. The van der Waals surface area contributed by atoms with E-state index in [4.69, 9.17) is 0 Å². The van der Waals surface area contributed by atoms with Crippen LogP contribution in [0.15, 0.2) is 0 Å². The van der Waals surface area contributed by atoms with Crippen LogP contribution in [0.1, 0.15) is 41.5 Å². The lowest BCUT2D eigenvalue weighted by Gasteiger charge is -2.26. The van der Waals surface area contributed by atoms with Crippen LogP contribution in [0, 0.1) is 5.41 Å².